The molecular formula is C18H34N2O6. The van der Waals surface area contributed by atoms with E-state index in [4.69, 9.17) is 18.9 Å². The molecule has 0 unspecified atom stereocenters. The molecule has 0 radical (unpaired) electrons. The Labute approximate surface area is 156 Å². The van der Waals surface area contributed by atoms with Crippen molar-refractivity contribution >= 4 is 5.97 Å². The molecule has 0 aliphatic rings. The molecule has 0 aromatic carbocycles. The van der Waals surface area contributed by atoms with E-state index in [9.17, 15) is 9.90 Å². The lowest BCUT2D eigenvalue weighted by Crippen LogP contribution is -2.24. The van der Waals surface area contributed by atoms with Crippen molar-refractivity contribution in [3.63, 3.8) is 0 Å². The van der Waals surface area contributed by atoms with Crippen molar-refractivity contribution in [3.8, 4) is 0 Å². The number of hydrogen-bond acceptors (Lipinski definition) is 6. The number of nitrogens with zero attached hydrogens (tertiary/aromatic N) is 2. The van der Waals surface area contributed by atoms with Gasteiger partial charge in [-0.1, -0.05) is 13.3 Å². The number of unbranched alkanes of at least 4 members (excludes halogenated alkanes) is 1. The van der Waals surface area contributed by atoms with Crippen molar-refractivity contribution in [2.24, 2.45) is 7.05 Å². The summed E-state index contributed by atoms with van der Waals surface area (Å²) in [6.07, 6.45) is 8.73. The number of carbonyl (C=O) groups is 1. The molecule has 1 heterocycles. The molecule has 0 fully saturated rings. The molecule has 0 aliphatic heterocycles. The van der Waals surface area contributed by atoms with E-state index in [1.165, 1.54) is 12.8 Å². The third-order valence-corrected chi connectivity index (χ3v) is 3.22. The molecule has 0 saturated heterocycles. The Morgan fingerprint density at radius 2 is 1.62 bits per heavy atom. The molecule has 8 nitrogen and oxygen atoms in total. The van der Waals surface area contributed by atoms with E-state index >= 15 is 0 Å². The summed E-state index contributed by atoms with van der Waals surface area (Å²) < 4.78 is 24.4. The van der Waals surface area contributed by atoms with Gasteiger partial charge in [-0.15, -0.1) is 0 Å². The quantitative estimate of drug-likeness (QED) is 0.316. The van der Waals surface area contributed by atoms with Crippen molar-refractivity contribution < 1.29 is 33.4 Å². The minimum Gasteiger partial charge on any atom is -0.550 e. The average molecular weight is 374 g/mol. The van der Waals surface area contributed by atoms with E-state index in [0.717, 1.165) is 6.54 Å². The van der Waals surface area contributed by atoms with Crippen molar-refractivity contribution in [1.29, 1.82) is 0 Å². The Hall–Kier alpha value is -1.48. The van der Waals surface area contributed by atoms with E-state index in [1.807, 2.05) is 7.05 Å². The zero-order chi connectivity index (χ0) is 19.5. The third-order valence-electron chi connectivity index (χ3n) is 3.22. The fourth-order valence-corrected chi connectivity index (χ4v) is 1.81. The molecule has 0 atom stereocenters. The van der Waals surface area contributed by atoms with Crippen LogP contribution in [0, 0.1) is 0 Å². The number of hydrogen-bond donors (Lipinski definition) is 0. The van der Waals surface area contributed by atoms with E-state index in [0.29, 0.717) is 39.6 Å². The number of ether oxygens (including phenoxy) is 4. The van der Waals surface area contributed by atoms with Gasteiger partial charge in [0.15, 0.2) is 0 Å². The molecule has 26 heavy (non-hydrogen) atoms. The number of methoxy groups -OCH3 is 1. The molecular weight excluding hydrogens is 340 g/mol. The standard InChI is InChI=1S/C10H20O6.C8H15N2/c1-13-4-5-15-8-9-16-7-6-14-3-2-10(11)12;1-3-4-5-10-7-6-9(2)8-10/h2-9H2,1H3,(H,11,12);6-8H,3-5H2,1-2H3/q;+1/p-1. The van der Waals surface area contributed by atoms with Crippen LogP contribution in [0.5, 0.6) is 0 Å². The number of carboxylic acid groups (broad SMARTS) is 1. The van der Waals surface area contributed by atoms with Crippen LogP contribution in [0.3, 0.4) is 0 Å². The van der Waals surface area contributed by atoms with Gasteiger partial charge in [0.1, 0.15) is 12.4 Å². The summed E-state index contributed by atoms with van der Waals surface area (Å²) in [6, 6.07) is 0. The number of rotatable bonds is 15. The van der Waals surface area contributed by atoms with Crippen LogP contribution < -0.4 is 9.67 Å². The lowest BCUT2D eigenvalue weighted by molar-refractivity contribution is -0.671. The molecule has 0 bridgehead atoms. The third kappa shape index (κ3) is 17.3. The van der Waals surface area contributed by atoms with Crippen molar-refractivity contribution in [2.45, 2.75) is 32.7 Å². The summed E-state index contributed by atoms with van der Waals surface area (Å²) in [5.74, 6) is -1.10. The number of imidazole rings is 1. The molecule has 0 aliphatic carbocycles. The van der Waals surface area contributed by atoms with Gasteiger partial charge >= 0.3 is 0 Å². The van der Waals surface area contributed by atoms with E-state index in [2.05, 4.69) is 34.8 Å². The normalized spacial score (nSPS) is 10.4. The molecule has 0 amide bonds. The van der Waals surface area contributed by atoms with Crippen molar-refractivity contribution in [3.05, 3.63) is 18.7 Å². The number of carboxylic acids is 1. The molecule has 0 saturated carbocycles. The van der Waals surface area contributed by atoms with Crippen molar-refractivity contribution in [2.75, 3.05) is 53.4 Å². The van der Waals surface area contributed by atoms with Gasteiger partial charge in [0, 0.05) is 19.5 Å². The Kier molecular flexibility index (Phi) is 17.3. The first kappa shape index (κ1) is 24.5. The number of carbonyl (C=O) groups excluding carboxylic acids is 1. The maximum atomic E-state index is 10.0. The van der Waals surface area contributed by atoms with Crippen LogP contribution in [0.2, 0.25) is 0 Å². The Bertz CT molecular complexity index is 439. The highest BCUT2D eigenvalue weighted by atomic mass is 16.6. The summed E-state index contributed by atoms with van der Waals surface area (Å²) in [6.45, 7) is 6.48. The highest BCUT2D eigenvalue weighted by Gasteiger charge is 1.96. The summed E-state index contributed by atoms with van der Waals surface area (Å²) in [4.78, 5) is 10.0. The second-order valence-corrected chi connectivity index (χ2v) is 5.62. The second-order valence-electron chi connectivity index (χ2n) is 5.62. The first-order chi connectivity index (χ1) is 12.6. The van der Waals surface area contributed by atoms with Gasteiger partial charge in [-0.2, -0.15) is 0 Å². The predicted octanol–water partition coefficient (Wildman–Crippen LogP) is -0.0647. The number of aromatic nitrogens is 2. The van der Waals surface area contributed by atoms with E-state index < -0.39 is 5.97 Å². The van der Waals surface area contributed by atoms with Gasteiger partial charge in [-0.25, -0.2) is 9.13 Å². The van der Waals surface area contributed by atoms with Crippen LogP contribution in [-0.4, -0.2) is 63.9 Å². The average Bonchev–Trinajstić information content (AvgIpc) is 3.03. The summed E-state index contributed by atoms with van der Waals surface area (Å²) in [7, 11) is 3.66. The zero-order valence-corrected chi connectivity index (χ0v) is 16.4. The van der Waals surface area contributed by atoms with Crippen molar-refractivity contribution in [1.82, 2.24) is 4.57 Å². The first-order valence-corrected chi connectivity index (χ1v) is 9.03. The summed E-state index contributed by atoms with van der Waals surface area (Å²) in [5, 5.41) is 10.0. The van der Waals surface area contributed by atoms with E-state index in [1.54, 1.807) is 7.11 Å². The van der Waals surface area contributed by atoms with Crippen LogP contribution in [0.25, 0.3) is 0 Å². The zero-order valence-electron chi connectivity index (χ0n) is 16.4. The molecule has 0 N–H and O–H groups in total. The highest BCUT2D eigenvalue weighted by Crippen LogP contribution is 1.91. The lowest BCUT2D eigenvalue weighted by Gasteiger charge is -2.06. The van der Waals surface area contributed by atoms with Gasteiger partial charge in [0.25, 0.3) is 0 Å². The smallest absolute Gasteiger partial charge is 0.243 e. The maximum Gasteiger partial charge on any atom is 0.243 e. The van der Waals surface area contributed by atoms with Crippen LogP contribution in [-0.2, 0) is 37.3 Å². The SMILES string of the molecule is CCCCn1cc[n+](C)c1.COCCOCCOCCOCCC(=O)[O-]. The molecule has 1 rings (SSSR count). The summed E-state index contributed by atoms with van der Waals surface area (Å²) >= 11 is 0. The number of aliphatic carboxylic acids is 1. The predicted molar refractivity (Wildman–Crippen MR) is 94.5 cm³/mol. The minimum atomic E-state index is -1.10. The Morgan fingerprint density at radius 1 is 1.04 bits per heavy atom. The maximum absolute atomic E-state index is 10.0. The Morgan fingerprint density at radius 3 is 2.08 bits per heavy atom. The largest absolute Gasteiger partial charge is 0.550 e. The van der Waals surface area contributed by atoms with Gasteiger partial charge < -0.3 is 28.8 Å². The van der Waals surface area contributed by atoms with Crippen LogP contribution in [0.4, 0.5) is 0 Å². The Balaban J connectivity index is 0.000000531. The fraction of sp³-hybridized carbons (Fsp3) is 0.778. The fourth-order valence-electron chi connectivity index (χ4n) is 1.81. The monoisotopic (exact) mass is 374 g/mol. The van der Waals surface area contributed by atoms with Gasteiger partial charge in [-0.05, 0) is 6.42 Å². The molecule has 1 aromatic heterocycles. The van der Waals surface area contributed by atoms with Gasteiger partial charge in [0.05, 0.1) is 59.8 Å². The topological polar surface area (TPSA) is 85.9 Å². The molecule has 1 aromatic rings. The molecule has 8 heteroatoms. The lowest BCUT2D eigenvalue weighted by atomic mass is 10.3. The number of aryl methyl sites for hydroxylation is 2. The van der Waals surface area contributed by atoms with Crippen LogP contribution in [0.15, 0.2) is 18.7 Å². The minimum absolute atomic E-state index is 0.0832. The molecule has 0 spiro atoms. The van der Waals surface area contributed by atoms with Gasteiger partial charge in [0.2, 0.25) is 6.33 Å². The molecule has 152 valence electrons. The van der Waals surface area contributed by atoms with Crippen LogP contribution >= 0.6 is 0 Å². The summed E-state index contributed by atoms with van der Waals surface area (Å²) in [5.41, 5.74) is 0. The van der Waals surface area contributed by atoms with E-state index in [-0.39, 0.29) is 13.0 Å². The second kappa shape index (κ2) is 18.3. The highest BCUT2D eigenvalue weighted by molar-refractivity contribution is 5.64. The van der Waals surface area contributed by atoms with Gasteiger partial charge in [-0.3, -0.25) is 0 Å². The first-order valence-electron chi connectivity index (χ1n) is 9.03. The van der Waals surface area contributed by atoms with Crippen LogP contribution in [0.1, 0.15) is 26.2 Å².